The Morgan fingerprint density at radius 3 is 2.57 bits per heavy atom. The summed E-state index contributed by atoms with van der Waals surface area (Å²) in [6.45, 7) is 13.3. The third-order valence-corrected chi connectivity index (χ3v) is 8.58. The molecule has 7 atom stereocenters. The van der Waals surface area contributed by atoms with Crippen molar-refractivity contribution in [2.75, 3.05) is 0 Å². The number of allylic oxidation sites excluding steroid dienone is 3. The molecule has 0 amide bonds. The molecule has 0 spiro atoms. The summed E-state index contributed by atoms with van der Waals surface area (Å²) in [5, 5.41) is 31.0. The van der Waals surface area contributed by atoms with E-state index in [9.17, 15) is 15.3 Å². The Bertz CT molecular complexity index is 676. The molecule has 0 aliphatic heterocycles. The van der Waals surface area contributed by atoms with Crippen LogP contribution in [-0.2, 0) is 0 Å². The van der Waals surface area contributed by atoms with Crippen molar-refractivity contribution in [2.45, 2.75) is 104 Å². The van der Waals surface area contributed by atoms with E-state index in [1.165, 1.54) is 31.3 Å². The molecule has 3 rings (SSSR count). The third kappa shape index (κ3) is 4.95. The lowest BCUT2D eigenvalue weighted by atomic mass is 9.60. The maximum absolute atomic E-state index is 10.9. The second kappa shape index (κ2) is 9.71. The van der Waals surface area contributed by atoms with E-state index in [1.54, 1.807) is 0 Å². The van der Waals surface area contributed by atoms with Crippen LogP contribution in [-0.4, -0.2) is 33.6 Å². The molecule has 2 unspecified atom stereocenters. The third-order valence-electron chi connectivity index (χ3n) is 8.58. The van der Waals surface area contributed by atoms with Crippen LogP contribution in [0.1, 0.15) is 85.5 Å². The number of aliphatic hydroxyl groups is 3. The molecule has 3 aliphatic rings. The van der Waals surface area contributed by atoms with E-state index in [1.807, 2.05) is 0 Å². The normalized spacial score (nSPS) is 39.5. The number of hydrogen-bond acceptors (Lipinski definition) is 3. The van der Waals surface area contributed by atoms with Crippen molar-refractivity contribution in [3.8, 4) is 0 Å². The van der Waals surface area contributed by atoms with Crippen molar-refractivity contribution >= 4 is 0 Å². The number of fused-ring (bicyclic) bond motifs is 1. The second-order valence-electron chi connectivity index (χ2n) is 11.1. The maximum atomic E-state index is 10.9. The predicted octanol–water partition coefficient (Wildman–Crippen LogP) is 5.56. The van der Waals surface area contributed by atoms with Gasteiger partial charge in [0, 0.05) is 6.42 Å². The molecule has 30 heavy (non-hydrogen) atoms. The Morgan fingerprint density at radius 1 is 1.13 bits per heavy atom. The molecule has 0 aromatic rings. The molecule has 3 saturated carbocycles. The fourth-order valence-corrected chi connectivity index (χ4v) is 6.64. The monoisotopic (exact) mass is 416 g/mol. The molecule has 3 aliphatic carbocycles. The standard InChI is InChI=1S/C27H44O3/c1-17(2)8-13-25(29)19(4)23-11-12-24-20(7-6-14-27(23,24)5)9-10-21-15-22(28)16-26(30)18(21)3/h9-10,17,19,22-26,28-30H,3,6-8,11-16H2,1-2,4-5H3/t19-,22+,23+,24?,25?,26-,27+/m0/s1. The molecule has 3 nitrogen and oxygen atoms in total. The van der Waals surface area contributed by atoms with E-state index in [0.717, 1.165) is 30.4 Å². The summed E-state index contributed by atoms with van der Waals surface area (Å²) in [4.78, 5) is 0. The largest absolute Gasteiger partial charge is 0.393 e. The molecule has 0 aromatic carbocycles. The van der Waals surface area contributed by atoms with Crippen LogP contribution in [0.4, 0.5) is 0 Å². The highest BCUT2D eigenvalue weighted by Gasteiger charge is 2.51. The van der Waals surface area contributed by atoms with Gasteiger partial charge in [-0.05, 0) is 91.6 Å². The van der Waals surface area contributed by atoms with Crippen molar-refractivity contribution in [3.63, 3.8) is 0 Å². The van der Waals surface area contributed by atoms with Gasteiger partial charge in [-0.25, -0.2) is 0 Å². The van der Waals surface area contributed by atoms with Gasteiger partial charge in [0.2, 0.25) is 0 Å². The first-order chi connectivity index (χ1) is 14.1. The summed E-state index contributed by atoms with van der Waals surface area (Å²) < 4.78 is 0. The first kappa shape index (κ1) is 23.8. The number of hydrogen-bond donors (Lipinski definition) is 3. The highest BCUT2D eigenvalue weighted by molar-refractivity contribution is 5.38. The summed E-state index contributed by atoms with van der Waals surface area (Å²) in [5.41, 5.74) is 3.55. The second-order valence-corrected chi connectivity index (χ2v) is 11.1. The maximum Gasteiger partial charge on any atom is 0.0811 e. The Balaban J connectivity index is 1.75. The topological polar surface area (TPSA) is 60.7 Å². The first-order valence-corrected chi connectivity index (χ1v) is 12.3. The van der Waals surface area contributed by atoms with Crippen LogP contribution in [0.5, 0.6) is 0 Å². The van der Waals surface area contributed by atoms with Crippen molar-refractivity contribution in [2.24, 2.45) is 29.1 Å². The highest BCUT2D eigenvalue weighted by Crippen LogP contribution is 2.60. The van der Waals surface area contributed by atoms with E-state index >= 15 is 0 Å². The Morgan fingerprint density at radius 2 is 1.87 bits per heavy atom. The minimum atomic E-state index is -0.626. The van der Waals surface area contributed by atoms with Gasteiger partial charge in [0.1, 0.15) is 0 Å². The van der Waals surface area contributed by atoms with Gasteiger partial charge in [0.05, 0.1) is 18.3 Å². The summed E-state index contributed by atoms with van der Waals surface area (Å²) >= 11 is 0. The molecule has 0 radical (unpaired) electrons. The van der Waals surface area contributed by atoms with Crippen LogP contribution in [0.15, 0.2) is 35.5 Å². The van der Waals surface area contributed by atoms with Crippen molar-refractivity contribution in [1.82, 2.24) is 0 Å². The summed E-state index contributed by atoms with van der Waals surface area (Å²) in [7, 11) is 0. The molecule has 0 bridgehead atoms. The molecule has 170 valence electrons. The van der Waals surface area contributed by atoms with Gasteiger partial charge < -0.3 is 15.3 Å². The number of aliphatic hydroxyl groups excluding tert-OH is 3. The van der Waals surface area contributed by atoms with E-state index in [-0.39, 0.29) is 11.5 Å². The fraction of sp³-hybridized carbons (Fsp3) is 0.778. The van der Waals surface area contributed by atoms with Crippen LogP contribution in [0.2, 0.25) is 0 Å². The van der Waals surface area contributed by atoms with E-state index < -0.39 is 12.2 Å². The molecule has 3 heteroatoms. The van der Waals surface area contributed by atoms with Gasteiger partial charge in [0.25, 0.3) is 0 Å². The SMILES string of the molecule is C=C1C(=CC=C2CCC[C@@]3(C)C2CC[C@@H]3[C@H](C)C(O)CCC(C)C)C[C@@H](O)C[C@@H]1O. The first-order valence-electron chi connectivity index (χ1n) is 12.3. The minimum Gasteiger partial charge on any atom is -0.393 e. The van der Waals surface area contributed by atoms with Crippen LogP contribution >= 0.6 is 0 Å². The summed E-state index contributed by atoms with van der Waals surface area (Å²) in [6, 6.07) is 0. The molecule has 3 fully saturated rings. The van der Waals surface area contributed by atoms with Crippen LogP contribution < -0.4 is 0 Å². The molecule has 0 heterocycles. The lowest BCUT2D eigenvalue weighted by Crippen LogP contribution is -2.39. The smallest absolute Gasteiger partial charge is 0.0811 e. The van der Waals surface area contributed by atoms with E-state index in [2.05, 4.69) is 46.4 Å². The minimum absolute atomic E-state index is 0.196. The van der Waals surface area contributed by atoms with Crippen LogP contribution in [0, 0.1) is 29.1 Å². The van der Waals surface area contributed by atoms with E-state index in [4.69, 9.17) is 0 Å². The zero-order chi connectivity index (χ0) is 22.1. The lowest BCUT2D eigenvalue weighted by molar-refractivity contribution is 0.0147. The summed E-state index contributed by atoms with van der Waals surface area (Å²) in [6.07, 6.45) is 12.1. The van der Waals surface area contributed by atoms with Crippen molar-refractivity contribution in [3.05, 3.63) is 35.5 Å². The molecule has 0 aromatic heterocycles. The van der Waals surface area contributed by atoms with Gasteiger partial charge in [-0.15, -0.1) is 0 Å². The van der Waals surface area contributed by atoms with Crippen molar-refractivity contribution in [1.29, 1.82) is 0 Å². The quantitative estimate of drug-likeness (QED) is 0.531. The van der Waals surface area contributed by atoms with Gasteiger partial charge in [0.15, 0.2) is 0 Å². The predicted molar refractivity (Wildman–Crippen MR) is 124 cm³/mol. The van der Waals surface area contributed by atoms with Gasteiger partial charge >= 0.3 is 0 Å². The zero-order valence-electron chi connectivity index (χ0n) is 19.6. The zero-order valence-corrected chi connectivity index (χ0v) is 19.6. The molecular weight excluding hydrogens is 372 g/mol. The Kier molecular flexibility index (Phi) is 7.69. The average Bonchev–Trinajstić information content (AvgIpc) is 3.04. The van der Waals surface area contributed by atoms with Gasteiger partial charge in [-0.2, -0.15) is 0 Å². The van der Waals surface area contributed by atoms with Crippen molar-refractivity contribution < 1.29 is 15.3 Å². The average molecular weight is 417 g/mol. The Labute approximate surface area is 184 Å². The Hall–Kier alpha value is -0.900. The van der Waals surface area contributed by atoms with E-state index in [0.29, 0.717) is 36.5 Å². The van der Waals surface area contributed by atoms with Gasteiger partial charge in [-0.1, -0.05) is 52.0 Å². The van der Waals surface area contributed by atoms with Crippen LogP contribution in [0.3, 0.4) is 0 Å². The summed E-state index contributed by atoms with van der Waals surface area (Å²) in [5.74, 6) is 2.15. The number of rotatable bonds is 6. The highest BCUT2D eigenvalue weighted by atomic mass is 16.3. The molecular formula is C27H44O3. The van der Waals surface area contributed by atoms with Gasteiger partial charge in [-0.3, -0.25) is 0 Å². The lowest BCUT2D eigenvalue weighted by Gasteiger charge is -2.45. The fourth-order valence-electron chi connectivity index (χ4n) is 6.64. The van der Waals surface area contributed by atoms with Crippen LogP contribution in [0.25, 0.3) is 0 Å². The molecule has 0 saturated heterocycles. The molecule has 3 N–H and O–H groups in total.